The van der Waals surface area contributed by atoms with Gasteiger partial charge in [-0.3, -0.25) is 19.1 Å². The van der Waals surface area contributed by atoms with Gasteiger partial charge in [0.05, 0.1) is 4.47 Å². The van der Waals surface area contributed by atoms with E-state index in [-0.39, 0.29) is 35.4 Å². The molecule has 1 amide bonds. The fourth-order valence-corrected chi connectivity index (χ4v) is 2.59. The van der Waals surface area contributed by atoms with Crippen molar-refractivity contribution in [3.05, 3.63) is 31.5 Å². The van der Waals surface area contributed by atoms with E-state index in [2.05, 4.69) is 20.9 Å². The summed E-state index contributed by atoms with van der Waals surface area (Å²) in [4.78, 5) is 38.8. The van der Waals surface area contributed by atoms with Gasteiger partial charge in [-0.05, 0) is 28.8 Å². The van der Waals surface area contributed by atoms with E-state index >= 15 is 0 Å². The van der Waals surface area contributed by atoms with Crippen molar-refractivity contribution < 1.29 is 4.79 Å². The highest BCUT2D eigenvalue weighted by Gasteiger charge is 2.27. The van der Waals surface area contributed by atoms with Crippen molar-refractivity contribution >= 4 is 34.2 Å². The molecule has 0 radical (unpaired) electrons. The smallest absolute Gasteiger partial charge is 0.328 e. The van der Waals surface area contributed by atoms with Gasteiger partial charge in [-0.1, -0.05) is 0 Å². The molecule has 1 aliphatic heterocycles. The van der Waals surface area contributed by atoms with Crippen LogP contribution in [-0.2, 0) is 11.3 Å². The van der Waals surface area contributed by atoms with Gasteiger partial charge in [-0.2, -0.15) is 0 Å². The minimum absolute atomic E-state index is 0. The van der Waals surface area contributed by atoms with Gasteiger partial charge in [0.2, 0.25) is 5.91 Å². The Morgan fingerprint density at radius 3 is 2.85 bits per heavy atom. The number of H-pyrrole nitrogens is 1. The van der Waals surface area contributed by atoms with Crippen molar-refractivity contribution in [1.29, 1.82) is 0 Å². The van der Waals surface area contributed by atoms with Crippen molar-refractivity contribution in [1.82, 2.24) is 14.5 Å². The monoisotopic (exact) mass is 366 g/mol. The summed E-state index contributed by atoms with van der Waals surface area (Å²) in [7, 11) is 0. The molecule has 2 rings (SSSR count). The molecule has 2 heterocycles. The molecule has 1 fully saturated rings. The van der Waals surface area contributed by atoms with E-state index in [0.29, 0.717) is 13.1 Å². The number of nitrogens with zero attached hydrogens (tertiary/aromatic N) is 2. The molecular formula is C11H16BrClN4O3. The first-order valence-electron chi connectivity index (χ1n) is 6.01. The Morgan fingerprint density at radius 1 is 1.50 bits per heavy atom. The third-order valence-corrected chi connectivity index (χ3v) is 3.81. The van der Waals surface area contributed by atoms with E-state index in [4.69, 9.17) is 5.73 Å². The Hall–Kier alpha value is -1.12. The second-order valence-electron chi connectivity index (χ2n) is 4.48. The second kappa shape index (κ2) is 7.05. The third-order valence-electron chi connectivity index (χ3n) is 3.24. The van der Waals surface area contributed by atoms with E-state index in [1.807, 2.05) is 0 Å². The lowest BCUT2D eigenvalue weighted by Crippen LogP contribution is -2.43. The summed E-state index contributed by atoms with van der Waals surface area (Å²) < 4.78 is 1.40. The summed E-state index contributed by atoms with van der Waals surface area (Å²) in [6.45, 7) is 1.00. The highest BCUT2D eigenvalue weighted by atomic mass is 79.9. The summed E-state index contributed by atoms with van der Waals surface area (Å²) in [5, 5.41) is 0. The summed E-state index contributed by atoms with van der Waals surface area (Å²) >= 11 is 3.03. The molecule has 0 spiro atoms. The molecule has 1 atom stereocenters. The van der Waals surface area contributed by atoms with Crippen LogP contribution < -0.4 is 17.0 Å². The number of amides is 1. The summed E-state index contributed by atoms with van der Waals surface area (Å²) in [6.07, 6.45) is 3.15. The third kappa shape index (κ3) is 3.50. The largest absolute Gasteiger partial charge is 0.337 e. The van der Waals surface area contributed by atoms with Gasteiger partial charge in [-0.25, -0.2) is 4.79 Å². The molecule has 1 saturated heterocycles. The number of nitrogens with two attached hydrogens (primary N) is 1. The number of aromatic amines is 1. The predicted molar refractivity (Wildman–Crippen MR) is 80.1 cm³/mol. The Morgan fingerprint density at radius 2 is 2.20 bits per heavy atom. The number of nitrogens with one attached hydrogen (secondary N) is 1. The number of rotatable bonds is 3. The molecule has 0 bridgehead atoms. The zero-order valence-corrected chi connectivity index (χ0v) is 13.1. The average Bonchev–Trinajstić information content (AvgIpc) is 2.84. The molecule has 3 N–H and O–H groups in total. The lowest BCUT2D eigenvalue weighted by atomic mass is 10.2. The van der Waals surface area contributed by atoms with E-state index in [9.17, 15) is 14.4 Å². The van der Waals surface area contributed by atoms with Crippen LogP contribution in [-0.4, -0.2) is 39.5 Å². The van der Waals surface area contributed by atoms with Crippen LogP contribution in [0.4, 0.5) is 0 Å². The number of carbonyl (C=O) groups is 1. The van der Waals surface area contributed by atoms with Crippen molar-refractivity contribution in [2.45, 2.75) is 25.4 Å². The van der Waals surface area contributed by atoms with Gasteiger partial charge in [0.1, 0.15) is 6.54 Å². The summed E-state index contributed by atoms with van der Waals surface area (Å²) in [5.74, 6) is -0.158. The molecule has 1 aliphatic rings. The number of aromatic nitrogens is 2. The molecule has 1 unspecified atom stereocenters. The van der Waals surface area contributed by atoms with Crippen LogP contribution >= 0.6 is 28.3 Å². The number of hydrogen-bond donors (Lipinski definition) is 2. The van der Waals surface area contributed by atoms with E-state index in [1.165, 1.54) is 10.8 Å². The van der Waals surface area contributed by atoms with E-state index < -0.39 is 11.2 Å². The zero-order valence-electron chi connectivity index (χ0n) is 10.7. The van der Waals surface area contributed by atoms with Gasteiger partial charge < -0.3 is 10.6 Å². The maximum Gasteiger partial charge on any atom is 0.328 e. The van der Waals surface area contributed by atoms with Gasteiger partial charge in [0.15, 0.2) is 0 Å². The molecular weight excluding hydrogens is 352 g/mol. The summed E-state index contributed by atoms with van der Waals surface area (Å²) in [5.41, 5.74) is 4.51. The average molecular weight is 368 g/mol. The molecule has 0 aromatic carbocycles. The fraction of sp³-hybridized carbons (Fsp3) is 0.545. The minimum atomic E-state index is -0.593. The van der Waals surface area contributed by atoms with Gasteiger partial charge >= 0.3 is 5.69 Å². The number of carbonyl (C=O) groups excluding carboxylic acids is 1. The highest BCUT2D eigenvalue weighted by molar-refractivity contribution is 9.10. The molecule has 0 saturated carbocycles. The SMILES string of the molecule is Cl.NCC1CCCN1C(=O)Cn1cc(Br)c(=O)[nH]c1=O. The van der Waals surface area contributed by atoms with Crippen LogP contribution in [0.15, 0.2) is 20.3 Å². The normalized spacial score (nSPS) is 17.9. The molecule has 1 aromatic rings. The maximum atomic E-state index is 12.1. The van der Waals surface area contributed by atoms with Gasteiger partial charge in [0, 0.05) is 25.3 Å². The molecule has 20 heavy (non-hydrogen) atoms. The highest BCUT2D eigenvalue weighted by Crippen LogP contribution is 2.16. The lowest BCUT2D eigenvalue weighted by molar-refractivity contribution is -0.132. The fourth-order valence-electron chi connectivity index (χ4n) is 2.25. The Balaban J connectivity index is 0.00000200. The maximum absolute atomic E-state index is 12.1. The van der Waals surface area contributed by atoms with Crippen molar-refractivity contribution in [3.63, 3.8) is 0 Å². The van der Waals surface area contributed by atoms with E-state index in [0.717, 1.165) is 12.8 Å². The predicted octanol–water partition coefficient (Wildman–Crippen LogP) is -0.329. The number of halogens is 2. The topological polar surface area (TPSA) is 101 Å². The van der Waals surface area contributed by atoms with Crippen LogP contribution in [0.25, 0.3) is 0 Å². The van der Waals surface area contributed by atoms with Crippen LogP contribution in [0, 0.1) is 0 Å². The van der Waals surface area contributed by atoms with Gasteiger partial charge in [-0.15, -0.1) is 12.4 Å². The van der Waals surface area contributed by atoms with Crippen LogP contribution in [0.2, 0.25) is 0 Å². The minimum Gasteiger partial charge on any atom is -0.337 e. The zero-order chi connectivity index (χ0) is 14.0. The molecule has 1 aromatic heterocycles. The standard InChI is InChI=1S/C11H15BrN4O3.ClH/c12-8-5-15(11(19)14-10(8)18)6-9(17)16-3-1-2-7(16)4-13;/h5,7H,1-4,6,13H2,(H,14,18,19);1H. The first kappa shape index (κ1) is 16.9. The van der Waals surface area contributed by atoms with Gasteiger partial charge in [0.25, 0.3) is 5.56 Å². The molecule has 7 nitrogen and oxygen atoms in total. The molecule has 112 valence electrons. The summed E-state index contributed by atoms with van der Waals surface area (Å²) in [6, 6.07) is 0.0504. The number of likely N-dealkylation sites (tertiary alicyclic amines) is 1. The Bertz CT molecular complexity index is 600. The van der Waals surface area contributed by atoms with Crippen LogP contribution in [0.5, 0.6) is 0 Å². The lowest BCUT2D eigenvalue weighted by Gasteiger charge is -2.23. The first-order chi connectivity index (χ1) is 9.02. The Labute approximate surface area is 129 Å². The van der Waals surface area contributed by atoms with E-state index in [1.54, 1.807) is 4.90 Å². The second-order valence-corrected chi connectivity index (χ2v) is 5.34. The van der Waals surface area contributed by atoms with Crippen LogP contribution in [0.3, 0.4) is 0 Å². The number of hydrogen-bond acceptors (Lipinski definition) is 4. The van der Waals surface area contributed by atoms with Crippen molar-refractivity contribution in [3.8, 4) is 0 Å². The van der Waals surface area contributed by atoms with Crippen molar-refractivity contribution in [2.24, 2.45) is 5.73 Å². The Kier molecular flexibility index (Phi) is 5.97. The quantitative estimate of drug-likeness (QED) is 0.764. The molecule has 0 aliphatic carbocycles. The van der Waals surface area contributed by atoms with Crippen molar-refractivity contribution in [2.75, 3.05) is 13.1 Å². The molecule has 9 heteroatoms. The first-order valence-corrected chi connectivity index (χ1v) is 6.81. The van der Waals surface area contributed by atoms with Crippen LogP contribution in [0.1, 0.15) is 12.8 Å².